The van der Waals surface area contributed by atoms with Crippen LogP contribution in [0.3, 0.4) is 0 Å². The Labute approximate surface area is 128 Å². The lowest BCUT2D eigenvalue weighted by Gasteiger charge is -2.13. The number of aromatic nitrogens is 1. The zero-order valence-electron chi connectivity index (χ0n) is 12.5. The number of carbonyl (C=O) groups excluding carboxylic acids is 1. The number of pyridine rings is 1. The molecule has 1 amide bonds. The summed E-state index contributed by atoms with van der Waals surface area (Å²) in [6.45, 7) is 4.78. The van der Waals surface area contributed by atoms with Crippen molar-refractivity contribution in [3.05, 3.63) is 52.4 Å². The molecule has 0 aliphatic carbocycles. The lowest BCUT2D eigenvalue weighted by atomic mass is 10.2. The first-order valence-corrected chi connectivity index (χ1v) is 7.03. The van der Waals surface area contributed by atoms with Crippen LogP contribution in [0.1, 0.15) is 24.2 Å². The van der Waals surface area contributed by atoms with Crippen molar-refractivity contribution >= 4 is 11.6 Å². The summed E-state index contributed by atoms with van der Waals surface area (Å²) >= 11 is 0. The molecule has 0 aliphatic rings. The van der Waals surface area contributed by atoms with Gasteiger partial charge >= 0.3 is 0 Å². The third-order valence-electron chi connectivity index (χ3n) is 2.84. The number of anilines is 1. The third kappa shape index (κ3) is 3.88. The van der Waals surface area contributed by atoms with Crippen molar-refractivity contribution < 1.29 is 14.3 Å². The van der Waals surface area contributed by atoms with Gasteiger partial charge in [0.2, 0.25) is 5.56 Å². The maximum absolute atomic E-state index is 12.1. The first kappa shape index (κ1) is 15.6. The minimum atomic E-state index is -0.363. The van der Waals surface area contributed by atoms with Gasteiger partial charge in [-0.3, -0.25) is 9.59 Å². The Balaban J connectivity index is 2.20. The van der Waals surface area contributed by atoms with Gasteiger partial charge in [0, 0.05) is 29.6 Å². The smallest absolute Gasteiger partial charge is 0.255 e. The van der Waals surface area contributed by atoms with Gasteiger partial charge in [0.15, 0.2) is 11.5 Å². The summed E-state index contributed by atoms with van der Waals surface area (Å²) in [6.07, 6.45) is 1.43. The number of amides is 1. The number of H-pyrrole nitrogens is 1. The molecule has 22 heavy (non-hydrogen) atoms. The number of ether oxygens (including phenoxy) is 2. The van der Waals surface area contributed by atoms with Gasteiger partial charge in [0.1, 0.15) is 0 Å². The van der Waals surface area contributed by atoms with Gasteiger partial charge in [-0.2, -0.15) is 0 Å². The standard InChI is InChI=1S/C16H18N2O4/c1-3-21-13-6-5-12(10-14(13)22-4-2)18-16(20)11-7-8-17-15(19)9-11/h5-10H,3-4H2,1-2H3,(H,17,19)(H,18,20). The average molecular weight is 302 g/mol. The molecule has 6 heteroatoms. The summed E-state index contributed by atoms with van der Waals surface area (Å²) in [7, 11) is 0. The van der Waals surface area contributed by atoms with Crippen molar-refractivity contribution in [3.8, 4) is 11.5 Å². The molecule has 0 radical (unpaired) electrons. The second-order valence-electron chi connectivity index (χ2n) is 4.42. The van der Waals surface area contributed by atoms with Gasteiger partial charge in [0.05, 0.1) is 13.2 Å². The maximum atomic E-state index is 12.1. The van der Waals surface area contributed by atoms with Gasteiger partial charge in [0.25, 0.3) is 5.91 Å². The number of rotatable bonds is 6. The molecule has 0 atom stereocenters. The van der Waals surface area contributed by atoms with E-state index in [2.05, 4.69) is 10.3 Å². The Kier molecular flexibility index (Phi) is 5.19. The fraction of sp³-hybridized carbons (Fsp3) is 0.250. The molecular formula is C16H18N2O4. The van der Waals surface area contributed by atoms with Crippen LogP contribution in [0.25, 0.3) is 0 Å². The molecule has 0 aliphatic heterocycles. The maximum Gasteiger partial charge on any atom is 0.255 e. The van der Waals surface area contributed by atoms with E-state index in [1.165, 1.54) is 18.3 Å². The zero-order valence-corrected chi connectivity index (χ0v) is 12.5. The van der Waals surface area contributed by atoms with Gasteiger partial charge in [-0.05, 0) is 32.0 Å². The van der Waals surface area contributed by atoms with Gasteiger partial charge in [-0.15, -0.1) is 0 Å². The first-order valence-electron chi connectivity index (χ1n) is 7.03. The van der Waals surface area contributed by atoms with Gasteiger partial charge < -0.3 is 19.8 Å². The molecule has 0 fully saturated rings. The molecule has 1 aromatic heterocycles. The lowest BCUT2D eigenvalue weighted by Crippen LogP contribution is -2.15. The van der Waals surface area contributed by atoms with Crippen LogP contribution in [-0.2, 0) is 0 Å². The van der Waals surface area contributed by atoms with E-state index in [1.54, 1.807) is 18.2 Å². The molecule has 2 N–H and O–H groups in total. The summed E-state index contributed by atoms with van der Waals surface area (Å²) in [6, 6.07) is 7.93. The van der Waals surface area contributed by atoms with Crippen LogP contribution in [0, 0.1) is 0 Å². The highest BCUT2D eigenvalue weighted by atomic mass is 16.5. The van der Waals surface area contributed by atoms with Crippen LogP contribution >= 0.6 is 0 Å². The third-order valence-corrected chi connectivity index (χ3v) is 2.84. The molecule has 0 spiro atoms. The van der Waals surface area contributed by atoms with Crippen molar-refractivity contribution in [1.29, 1.82) is 0 Å². The summed E-state index contributed by atoms with van der Waals surface area (Å²) in [5, 5.41) is 2.73. The molecular weight excluding hydrogens is 284 g/mol. The summed E-state index contributed by atoms with van der Waals surface area (Å²) < 4.78 is 11.0. The Morgan fingerprint density at radius 3 is 2.50 bits per heavy atom. The highest BCUT2D eigenvalue weighted by Crippen LogP contribution is 2.30. The Morgan fingerprint density at radius 1 is 1.09 bits per heavy atom. The van der Waals surface area contributed by atoms with E-state index in [-0.39, 0.29) is 17.0 Å². The summed E-state index contributed by atoms with van der Waals surface area (Å²) in [5.41, 5.74) is 0.530. The van der Waals surface area contributed by atoms with Crippen molar-refractivity contribution in [2.75, 3.05) is 18.5 Å². The molecule has 0 bridgehead atoms. The fourth-order valence-electron chi connectivity index (χ4n) is 1.92. The van der Waals surface area contributed by atoms with E-state index in [0.717, 1.165) is 0 Å². The van der Waals surface area contributed by atoms with E-state index in [9.17, 15) is 9.59 Å². The quantitative estimate of drug-likeness (QED) is 0.858. The molecule has 1 aromatic carbocycles. The highest BCUT2D eigenvalue weighted by Gasteiger charge is 2.10. The van der Waals surface area contributed by atoms with E-state index in [4.69, 9.17) is 9.47 Å². The predicted octanol–water partition coefficient (Wildman–Crippen LogP) is 2.42. The lowest BCUT2D eigenvalue weighted by molar-refractivity contribution is 0.102. The monoisotopic (exact) mass is 302 g/mol. The molecule has 2 aromatic rings. The number of hydrogen-bond donors (Lipinski definition) is 2. The second-order valence-corrected chi connectivity index (χ2v) is 4.42. The Morgan fingerprint density at radius 2 is 1.82 bits per heavy atom. The molecule has 2 rings (SSSR count). The average Bonchev–Trinajstić information content (AvgIpc) is 2.50. The zero-order chi connectivity index (χ0) is 15.9. The van der Waals surface area contributed by atoms with E-state index in [0.29, 0.717) is 30.4 Å². The topological polar surface area (TPSA) is 80.4 Å². The van der Waals surface area contributed by atoms with Crippen LogP contribution in [0.15, 0.2) is 41.3 Å². The van der Waals surface area contributed by atoms with Crippen LogP contribution in [0.4, 0.5) is 5.69 Å². The summed E-state index contributed by atoms with van der Waals surface area (Å²) in [5.74, 6) is 0.823. The van der Waals surface area contributed by atoms with Crippen molar-refractivity contribution in [2.45, 2.75) is 13.8 Å². The SMILES string of the molecule is CCOc1ccc(NC(=O)c2cc[nH]c(=O)c2)cc1OCC. The molecule has 0 saturated heterocycles. The first-order chi connectivity index (χ1) is 10.6. The molecule has 1 heterocycles. The van der Waals surface area contributed by atoms with Crippen LogP contribution in [0.2, 0.25) is 0 Å². The second kappa shape index (κ2) is 7.31. The van der Waals surface area contributed by atoms with Crippen molar-refractivity contribution in [2.24, 2.45) is 0 Å². The van der Waals surface area contributed by atoms with Crippen molar-refractivity contribution in [3.63, 3.8) is 0 Å². The van der Waals surface area contributed by atoms with Gasteiger partial charge in [-0.25, -0.2) is 0 Å². The Bertz CT molecular complexity index is 709. The normalized spacial score (nSPS) is 10.1. The Hall–Kier alpha value is -2.76. The minimum Gasteiger partial charge on any atom is -0.490 e. The number of aromatic amines is 1. The van der Waals surface area contributed by atoms with E-state index < -0.39 is 0 Å². The van der Waals surface area contributed by atoms with E-state index in [1.807, 2.05) is 13.8 Å². The molecule has 0 unspecified atom stereocenters. The van der Waals surface area contributed by atoms with Crippen LogP contribution in [0.5, 0.6) is 11.5 Å². The van der Waals surface area contributed by atoms with Crippen LogP contribution in [-0.4, -0.2) is 24.1 Å². The number of hydrogen-bond acceptors (Lipinski definition) is 4. The number of nitrogens with one attached hydrogen (secondary N) is 2. The summed E-state index contributed by atoms with van der Waals surface area (Å²) in [4.78, 5) is 25.8. The van der Waals surface area contributed by atoms with E-state index >= 15 is 0 Å². The number of carbonyl (C=O) groups is 1. The predicted molar refractivity (Wildman–Crippen MR) is 83.8 cm³/mol. The minimum absolute atomic E-state index is 0.288. The fourth-order valence-corrected chi connectivity index (χ4v) is 1.92. The molecule has 6 nitrogen and oxygen atoms in total. The largest absolute Gasteiger partial charge is 0.490 e. The molecule has 116 valence electrons. The highest BCUT2D eigenvalue weighted by molar-refractivity contribution is 6.04. The van der Waals surface area contributed by atoms with Gasteiger partial charge in [-0.1, -0.05) is 0 Å². The number of benzene rings is 1. The molecule has 0 saturated carbocycles. The van der Waals surface area contributed by atoms with Crippen molar-refractivity contribution in [1.82, 2.24) is 4.98 Å². The van der Waals surface area contributed by atoms with Crippen LogP contribution < -0.4 is 20.3 Å².